The third kappa shape index (κ3) is 3.20. The Bertz CT molecular complexity index is 328. The highest BCUT2D eigenvalue weighted by Crippen LogP contribution is 2.21. The molecule has 16 heavy (non-hydrogen) atoms. The highest BCUT2D eigenvalue weighted by molar-refractivity contribution is 5.31. The molecular formula is C13H20FNO. The van der Waals surface area contributed by atoms with Crippen LogP contribution in [-0.4, -0.2) is 20.2 Å². The quantitative estimate of drug-likeness (QED) is 0.803. The van der Waals surface area contributed by atoms with Crippen molar-refractivity contribution in [2.75, 3.05) is 14.2 Å². The van der Waals surface area contributed by atoms with Gasteiger partial charge in [-0.2, -0.15) is 0 Å². The summed E-state index contributed by atoms with van der Waals surface area (Å²) in [6.07, 6.45) is 2.84. The van der Waals surface area contributed by atoms with E-state index >= 15 is 0 Å². The molecule has 1 unspecified atom stereocenters. The molecule has 0 heterocycles. The van der Waals surface area contributed by atoms with E-state index in [1.165, 1.54) is 7.11 Å². The fourth-order valence-electron chi connectivity index (χ4n) is 1.83. The Hall–Kier alpha value is -1.09. The van der Waals surface area contributed by atoms with Crippen LogP contribution in [0.3, 0.4) is 0 Å². The standard InChI is InChI=1S/C13H20FNO/c1-4-6-11(15-2)9-10-7-5-8-12(16-3)13(10)14/h5,7-8,11,15H,4,6,9H2,1-3H3. The van der Waals surface area contributed by atoms with Gasteiger partial charge in [-0.1, -0.05) is 25.5 Å². The molecule has 0 saturated carbocycles. The molecule has 0 aromatic heterocycles. The fraction of sp³-hybridized carbons (Fsp3) is 0.538. The second-order valence-electron chi connectivity index (χ2n) is 3.91. The molecule has 1 N–H and O–H groups in total. The number of rotatable bonds is 6. The van der Waals surface area contributed by atoms with E-state index in [1.807, 2.05) is 19.2 Å². The van der Waals surface area contributed by atoms with Gasteiger partial charge in [-0.3, -0.25) is 0 Å². The van der Waals surface area contributed by atoms with E-state index in [1.54, 1.807) is 6.07 Å². The Kier molecular flexibility index (Phi) is 5.26. The summed E-state index contributed by atoms with van der Waals surface area (Å²) in [4.78, 5) is 0. The Morgan fingerprint density at radius 2 is 2.19 bits per heavy atom. The van der Waals surface area contributed by atoms with E-state index in [0.717, 1.165) is 12.8 Å². The topological polar surface area (TPSA) is 21.3 Å². The van der Waals surface area contributed by atoms with Crippen LogP contribution in [0.4, 0.5) is 4.39 Å². The fourth-order valence-corrected chi connectivity index (χ4v) is 1.83. The predicted octanol–water partition coefficient (Wildman–Crippen LogP) is 2.76. The molecule has 0 aliphatic rings. The normalized spacial score (nSPS) is 12.5. The summed E-state index contributed by atoms with van der Waals surface area (Å²) in [5.74, 6) is 0.0882. The largest absolute Gasteiger partial charge is 0.494 e. The SMILES string of the molecule is CCCC(Cc1cccc(OC)c1F)NC. The van der Waals surface area contributed by atoms with Gasteiger partial charge in [0.15, 0.2) is 11.6 Å². The summed E-state index contributed by atoms with van der Waals surface area (Å²) >= 11 is 0. The average Bonchev–Trinajstić information content (AvgIpc) is 2.31. The summed E-state index contributed by atoms with van der Waals surface area (Å²) in [6.45, 7) is 2.13. The Balaban J connectivity index is 2.79. The van der Waals surface area contributed by atoms with Crippen LogP contribution >= 0.6 is 0 Å². The van der Waals surface area contributed by atoms with Crippen molar-refractivity contribution in [3.05, 3.63) is 29.6 Å². The third-order valence-electron chi connectivity index (χ3n) is 2.77. The Morgan fingerprint density at radius 3 is 2.75 bits per heavy atom. The van der Waals surface area contributed by atoms with Gasteiger partial charge in [0.1, 0.15) is 0 Å². The lowest BCUT2D eigenvalue weighted by molar-refractivity contribution is 0.382. The molecule has 0 fully saturated rings. The number of hydrogen-bond acceptors (Lipinski definition) is 2. The average molecular weight is 225 g/mol. The van der Waals surface area contributed by atoms with Crippen LogP contribution in [0.15, 0.2) is 18.2 Å². The highest BCUT2D eigenvalue weighted by atomic mass is 19.1. The van der Waals surface area contributed by atoms with Gasteiger partial charge in [0.25, 0.3) is 0 Å². The van der Waals surface area contributed by atoms with Gasteiger partial charge in [0.05, 0.1) is 7.11 Å². The lowest BCUT2D eigenvalue weighted by atomic mass is 10.0. The van der Waals surface area contributed by atoms with Crippen molar-refractivity contribution < 1.29 is 9.13 Å². The summed E-state index contributed by atoms with van der Waals surface area (Å²) in [5.41, 5.74) is 0.715. The van der Waals surface area contributed by atoms with Gasteiger partial charge in [-0.15, -0.1) is 0 Å². The molecule has 90 valence electrons. The van der Waals surface area contributed by atoms with E-state index in [2.05, 4.69) is 12.2 Å². The molecule has 0 aliphatic heterocycles. The zero-order chi connectivity index (χ0) is 12.0. The molecule has 1 aromatic rings. The van der Waals surface area contributed by atoms with E-state index in [-0.39, 0.29) is 5.82 Å². The lowest BCUT2D eigenvalue weighted by Gasteiger charge is -2.16. The third-order valence-corrected chi connectivity index (χ3v) is 2.77. The van der Waals surface area contributed by atoms with Crippen LogP contribution in [0, 0.1) is 5.82 Å². The van der Waals surface area contributed by atoms with Crippen LogP contribution in [-0.2, 0) is 6.42 Å². The van der Waals surface area contributed by atoms with Gasteiger partial charge in [-0.05, 0) is 31.5 Å². The first-order valence-corrected chi connectivity index (χ1v) is 5.71. The minimum Gasteiger partial charge on any atom is -0.494 e. The van der Waals surface area contributed by atoms with Gasteiger partial charge in [-0.25, -0.2) is 4.39 Å². The summed E-state index contributed by atoms with van der Waals surface area (Å²) in [6, 6.07) is 5.62. The Labute approximate surface area is 96.8 Å². The molecular weight excluding hydrogens is 205 g/mol. The van der Waals surface area contributed by atoms with E-state index in [0.29, 0.717) is 23.8 Å². The summed E-state index contributed by atoms with van der Waals surface area (Å²) in [5, 5.41) is 3.21. The van der Waals surface area contributed by atoms with Crippen molar-refractivity contribution in [1.29, 1.82) is 0 Å². The first-order valence-electron chi connectivity index (χ1n) is 5.71. The molecule has 0 spiro atoms. The Morgan fingerprint density at radius 1 is 1.44 bits per heavy atom. The minimum absolute atomic E-state index is 0.235. The van der Waals surface area contributed by atoms with E-state index < -0.39 is 0 Å². The molecule has 1 rings (SSSR count). The second-order valence-corrected chi connectivity index (χ2v) is 3.91. The van der Waals surface area contributed by atoms with Crippen molar-refractivity contribution in [1.82, 2.24) is 5.32 Å². The van der Waals surface area contributed by atoms with Crippen LogP contribution < -0.4 is 10.1 Å². The van der Waals surface area contributed by atoms with Gasteiger partial charge in [0, 0.05) is 6.04 Å². The number of nitrogens with one attached hydrogen (secondary N) is 1. The van der Waals surface area contributed by atoms with Gasteiger partial charge >= 0.3 is 0 Å². The number of methoxy groups -OCH3 is 1. The van der Waals surface area contributed by atoms with Crippen LogP contribution in [0.25, 0.3) is 0 Å². The lowest BCUT2D eigenvalue weighted by Crippen LogP contribution is -2.27. The van der Waals surface area contributed by atoms with E-state index in [9.17, 15) is 4.39 Å². The number of likely N-dealkylation sites (N-methyl/N-ethyl adjacent to an activating group) is 1. The summed E-state index contributed by atoms with van der Waals surface area (Å²) in [7, 11) is 3.40. The van der Waals surface area contributed by atoms with Gasteiger partial charge < -0.3 is 10.1 Å². The number of benzene rings is 1. The van der Waals surface area contributed by atoms with Crippen molar-refractivity contribution in [3.8, 4) is 5.75 Å². The molecule has 0 aliphatic carbocycles. The maximum Gasteiger partial charge on any atom is 0.168 e. The minimum atomic E-state index is -0.235. The van der Waals surface area contributed by atoms with Crippen molar-refractivity contribution in [2.45, 2.75) is 32.2 Å². The number of ether oxygens (including phenoxy) is 1. The first kappa shape index (κ1) is 13.0. The second kappa shape index (κ2) is 6.48. The molecule has 0 amide bonds. The number of hydrogen-bond donors (Lipinski definition) is 1. The number of halogens is 1. The molecule has 0 saturated heterocycles. The van der Waals surface area contributed by atoms with Crippen LogP contribution in [0.1, 0.15) is 25.3 Å². The zero-order valence-electron chi connectivity index (χ0n) is 10.2. The van der Waals surface area contributed by atoms with Crippen molar-refractivity contribution in [3.63, 3.8) is 0 Å². The van der Waals surface area contributed by atoms with Crippen molar-refractivity contribution in [2.24, 2.45) is 0 Å². The first-order chi connectivity index (χ1) is 7.72. The van der Waals surface area contributed by atoms with E-state index in [4.69, 9.17) is 4.74 Å². The molecule has 1 aromatic carbocycles. The maximum atomic E-state index is 13.9. The molecule has 1 atom stereocenters. The van der Waals surface area contributed by atoms with Gasteiger partial charge in [0.2, 0.25) is 0 Å². The molecule has 2 nitrogen and oxygen atoms in total. The van der Waals surface area contributed by atoms with Crippen LogP contribution in [0.2, 0.25) is 0 Å². The monoisotopic (exact) mass is 225 g/mol. The van der Waals surface area contributed by atoms with Crippen molar-refractivity contribution >= 4 is 0 Å². The summed E-state index contributed by atoms with van der Waals surface area (Å²) < 4.78 is 18.8. The maximum absolute atomic E-state index is 13.9. The highest BCUT2D eigenvalue weighted by Gasteiger charge is 2.12. The predicted molar refractivity (Wildman–Crippen MR) is 64.4 cm³/mol. The molecule has 0 radical (unpaired) electrons. The smallest absolute Gasteiger partial charge is 0.168 e. The molecule has 3 heteroatoms. The molecule has 0 bridgehead atoms. The van der Waals surface area contributed by atoms with Crippen LogP contribution in [0.5, 0.6) is 5.75 Å². The zero-order valence-corrected chi connectivity index (χ0v) is 10.2.